The van der Waals surface area contributed by atoms with Gasteiger partial charge in [-0.05, 0) is 31.2 Å². The van der Waals surface area contributed by atoms with E-state index in [1.165, 1.54) is 10.8 Å². The Labute approximate surface area is 115 Å². The van der Waals surface area contributed by atoms with Gasteiger partial charge in [0.15, 0.2) is 0 Å². The average Bonchev–Trinajstić information content (AvgIpc) is 2.45. The summed E-state index contributed by atoms with van der Waals surface area (Å²) >= 11 is 0. The quantitative estimate of drug-likeness (QED) is 0.825. The van der Waals surface area contributed by atoms with Crippen molar-refractivity contribution in [1.29, 1.82) is 0 Å². The molecule has 1 aromatic heterocycles. The Kier molecular flexibility index (Phi) is 4.06. The second-order valence-electron chi connectivity index (χ2n) is 4.23. The van der Waals surface area contributed by atoms with Crippen LogP contribution in [0.1, 0.15) is 11.1 Å². The van der Waals surface area contributed by atoms with E-state index >= 15 is 0 Å². The van der Waals surface area contributed by atoms with Crippen LogP contribution in [0, 0.1) is 18.8 Å². The van der Waals surface area contributed by atoms with Gasteiger partial charge in [-0.15, -0.1) is 0 Å². The molecule has 1 N–H and O–H groups in total. The number of hydrogen-bond acceptors (Lipinski definition) is 3. The van der Waals surface area contributed by atoms with Crippen LogP contribution >= 0.6 is 0 Å². The first-order valence-electron chi connectivity index (χ1n) is 6.03. The van der Waals surface area contributed by atoms with Crippen LogP contribution in [-0.2, 0) is 6.54 Å². The highest BCUT2D eigenvalue weighted by Crippen LogP contribution is 2.09. The van der Waals surface area contributed by atoms with Crippen molar-refractivity contribution in [2.45, 2.75) is 13.5 Å². The Balaban J connectivity index is 2.16. The monoisotopic (exact) mass is 270 g/mol. The number of benzene rings is 1. The Morgan fingerprint density at radius 3 is 2.60 bits per heavy atom. The number of hydrogen-bond donors (Lipinski definition) is 1. The molecule has 1 heterocycles. The highest BCUT2D eigenvalue weighted by molar-refractivity contribution is 5.38. The van der Waals surface area contributed by atoms with Gasteiger partial charge in [0.25, 0.3) is 5.56 Å². The topological polar surface area (TPSA) is 64.1 Å². The molecule has 20 heavy (non-hydrogen) atoms. The van der Waals surface area contributed by atoms with Gasteiger partial charge >= 0.3 is 5.69 Å². The summed E-state index contributed by atoms with van der Waals surface area (Å²) in [6.07, 6.45) is 1.50. The van der Waals surface area contributed by atoms with Crippen LogP contribution in [0.25, 0.3) is 0 Å². The van der Waals surface area contributed by atoms with Crippen LogP contribution in [0.4, 0.5) is 0 Å². The maximum absolute atomic E-state index is 11.5. The lowest BCUT2D eigenvalue weighted by molar-refractivity contribution is 0.415. The summed E-state index contributed by atoms with van der Waals surface area (Å²) in [5, 5.41) is 0. The van der Waals surface area contributed by atoms with E-state index in [1.54, 1.807) is 14.0 Å². The Morgan fingerprint density at radius 1 is 1.25 bits per heavy atom. The summed E-state index contributed by atoms with van der Waals surface area (Å²) in [7, 11) is 1.60. The molecule has 0 aliphatic heterocycles. The smallest absolute Gasteiger partial charge is 0.329 e. The summed E-state index contributed by atoms with van der Waals surface area (Å²) < 4.78 is 6.42. The number of aromatic amines is 1. The predicted molar refractivity (Wildman–Crippen MR) is 75.9 cm³/mol. The fourth-order valence-electron chi connectivity index (χ4n) is 1.64. The normalized spacial score (nSPS) is 9.70. The van der Waals surface area contributed by atoms with E-state index in [-0.39, 0.29) is 12.1 Å². The number of rotatable bonds is 2. The fraction of sp³-hybridized carbons (Fsp3) is 0.200. The van der Waals surface area contributed by atoms with E-state index in [4.69, 9.17) is 4.74 Å². The van der Waals surface area contributed by atoms with Gasteiger partial charge in [0.1, 0.15) is 5.75 Å². The number of aromatic nitrogens is 2. The van der Waals surface area contributed by atoms with E-state index < -0.39 is 5.69 Å². The van der Waals surface area contributed by atoms with Gasteiger partial charge in [0.2, 0.25) is 0 Å². The van der Waals surface area contributed by atoms with Gasteiger partial charge < -0.3 is 4.74 Å². The molecule has 0 unspecified atom stereocenters. The average molecular weight is 270 g/mol. The zero-order valence-corrected chi connectivity index (χ0v) is 11.3. The Morgan fingerprint density at radius 2 is 1.95 bits per heavy atom. The molecule has 2 aromatic rings. The molecule has 0 saturated carbocycles. The molecule has 5 nitrogen and oxygen atoms in total. The van der Waals surface area contributed by atoms with Crippen molar-refractivity contribution in [2.24, 2.45) is 0 Å². The van der Waals surface area contributed by atoms with Crippen LogP contribution in [0.5, 0.6) is 5.75 Å². The molecule has 0 atom stereocenters. The van der Waals surface area contributed by atoms with E-state index in [2.05, 4.69) is 16.8 Å². The van der Waals surface area contributed by atoms with E-state index in [0.29, 0.717) is 5.56 Å². The van der Waals surface area contributed by atoms with Crippen molar-refractivity contribution in [3.8, 4) is 17.6 Å². The maximum atomic E-state index is 11.5. The minimum atomic E-state index is -0.454. The predicted octanol–water partition coefficient (Wildman–Crippen LogP) is 0.905. The fourth-order valence-corrected chi connectivity index (χ4v) is 1.64. The lowest BCUT2D eigenvalue weighted by Gasteiger charge is -2.00. The van der Waals surface area contributed by atoms with Crippen molar-refractivity contribution >= 4 is 0 Å². The molecule has 0 aliphatic rings. The summed E-state index contributed by atoms with van der Waals surface area (Å²) in [6.45, 7) is 1.87. The van der Waals surface area contributed by atoms with Gasteiger partial charge in [-0.3, -0.25) is 14.3 Å². The summed E-state index contributed by atoms with van der Waals surface area (Å²) in [4.78, 5) is 25.0. The zero-order valence-electron chi connectivity index (χ0n) is 11.3. The third-order valence-electron chi connectivity index (χ3n) is 2.76. The summed E-state index contributed by atoms with van der Waals surface area (Å²) in [5.74, 6) is 6.61. The highest BCUT2D eigenvalue weighted by Gasteiger charge is 1.98. The number of H-pyrrole nitrogens is 1. The number of aryl methyl sites for hydroxylation is 1. The molecule has 0 spiro atoms. The van der Waals surface area contributed by atoms with E-state index in [1.807, 2.05) is 24.3 Å². The highest BCUT2D eigenvalue weighted by atomic mass is 16.5. The molecule has 1 aromatic carbocycles. The Bertz CT molecular complexity index is 774. The van der Waals surface area contributed by atoms with Crippen molar-refractivity contribution in [1.82, 2.24) is 9.55 Å². The van der Waals surface area contributed by atoms with Gasteiger partial charge in [-0.25, -0.2) is 4.79 Å². The molecule has 5 heteroatoms. The molecule has 0 bridgehead atoms. The third-order valence-corrected chi connectivity index (χ3v) is 2.76. The van der Waals surface area contributed by atoms with Crippen LogP contribution in [0.15, 0.2) is 40.1 Å². The standard InChI is InChI=1S/C15H14N2O3/c1-11-10-17(15(19)16-14(11)18)9-3-4-12-5-7-13(20-2)8-6-12/h5-8,10H,9H2,1-2H3,(H,16,18,19). The van der Waals surface area contributed by atoms with Crippen LogP contribution in [0.2, 0.25) is 0 Å². The zero-order chi connectivity index (χ0) is 14.5. The maximum Gasteiger partial charge on any atom is 0.329 e. The van der Waals surface area contributed by atoms with Gasteiger partial charge in [-0.2, -0.15) is 0 Å². The van der Waals surface area contributed by atoms with E-state index in [0.717, 1.165) is 11.3 Å². The van der Waals surface area contributed by atoms with Gasteiger partial charge in [-0.1, -0.05) is 11.8 Å². The first-order chi connectivity index (χ1) is 9.60. The first-order valence-corrected chi connectivity index (χ1v) is 6.03. The van der Waals surface area contributed by atoms with Crippen molar-refractivity contribution in [3.05, 3.63) is 62.4 Å². The molecule has 0 aliphatic carbocycles. The molecular weight excluding hydrogens is 256 g/mol. The minimum Gasteiger partial charge on any atom is -0.497 e. The first kappa shape index (κ1) is 13.7. The van der Waals surface area contributed by atoms with Crippen molar-refractivity contribution < 1.29 is 4.74 Å². The molecule has 0 amide bonds. The number of methoxy groups -OCH3 is 1. The Hall–Kier alpha value is -2.74. The lowest BCUT2D eigenvalue weighted by Crippen LogP contribution is -2.30. The number of nitrogens with one attached hydrogen (secondary N) is 1. The molecule has 0 fully saturated rings. The molecule has 2 rings (SSSR count). The van der Waals surface area contributed by atoms with E-state index in [9.17, 15) is 9.59 Å². The summed E-state index contributed by atoms with van der Waals surface area (Å²) in [6, 6.07) is 7.32. The van der Waals surface area contributed by atoms with Gasteiger partial charge in [0, 0.05) is 17.3 Å². The SMILES string of the molecule is COc1ccc(C#CCn2cc(C)c(=O)[nH]c2=O)cc1. The second-order valence-corrected chi connectivity index (χ2v) is 4.23. The van der Waals surface area contributed by atoms with Crippen LogP contribution in [0.3, 0.4) is 0 Å². The molecular formula is C15H14N2O3. The number of nitrogens with zero attached hydrogens (tertiary/aromatic N) is 1. The van der Waals surface area contributed by atoms with Crippen molar-refractivity contribution in [2.75, 3.05) is 7.11 Å². The van der Waals surface area contributed by atoms with Gasteiger partial charge in [0.05, 0.1) is 13.7 Å². The minimum absolute atomic E-state index is 0.225. The molecule has 0 saturated heterocycles. The molecule has 0 radical (unpaired) electrons. The number of ether oxygens (including phenoxy) is 1. The van der Waals surface area contributed by atoms with Crippen molar-refractivity contribution in [3.63, 3.8) is 0 Å². The molecule has 102 valence electrons. The largest absolute Gasteiger partial charge is 0.497 e. The lowest BCUT2D eigenvalue weighted by atomic mass is 10.2. The van der Waals surface area contributed by atoms with Crippen LogP contribution < -0.4 is 16.0 Å². The third kappa shape index (κ3) is 3.18. The summed E-state index contributed by atoms with van der Waals surface area (Å²) in [5.41, 5.74) is 0.495. The van der Waals surface area contributed by atoms with Crippen LogP contribution in [-0.4, -0.2) is 16.7 Å². The second kappa shape index (κ2) is 5.93.